The van der Waals surface area contributed by atoms with E-state index in [1.54, 1.807) is 13.0 Å². The highest BCUT2D eigenvalue weighted by molar-refractivity contribution is 6.13. The van der Waals surface area contributed by atoms with Crippen molar-refractivity contribution >= 4 is 11.8 Å². The van der Waals surface area contributed by atoms with Gasteiger partial charge in [-0.1, -0.05) is 17.7 Å². The van der Waals surface area contributed by atoms with Crippen LogP contribution in [0, 0.1) is 0 Å². The van der Waals surface area contributed by atoms with Crippen LogP contribution in [0.5, 0.6) is 5.75 Å². The number of hydrogen-bond acceptors (Lipinski definition) is 4. The van der Waals surface area contributed by atoms with E-state index >= 15 is 0 Å². The minimum absolute atomic E-state index is 0.0103. The van der Waals surface area contributed by atoms with Gasteiger partial charge in [0.2, 0.25) is 0 Å². The molecule has 2 N–H and O–H groups in total. The van der Waals surface area contributed by atoms with Crippen LogP contribution in [0.15, 0.2) is 29.3 Å². The van der Waals surface area contributed by atoms with Crippen molar-refractivity contribution in [1.82, 2.24) is 0 Å². The summed E-state index contributed by atoms with van der Waals surface area (Å²) in [6.07, 6.45) is 0.102. The number of fused-ring (bicyclic) bond motifs is 1. The van der Waals surface area contributed by atoms with Crippen LogP contribution in [0.3, 0.4) is 0 Å². The molecule has 0 aromatic heterocycles. The van der Waals surface area contributed by atoms with Crippen molar-refractivity contribution in [1.29, 1.82) is 0 Å². The summed E-state index contributed by atoms with van der Waals surface area (Å²) in [5, 5.41) is 18.8. The van der Waals surface area contributed by atoms with Crippen LogP contribution in [0.4, 0.5) is 0 Å². The Morgan fingerprint density at radius 1 is 1.43 bits per heavy atom. The number of carboxylic acids is 1. The molecule has 1 aromatic carbocycles. The van der Waals surface area contributed by atoms with Crippen LogP contribution in [0.2, 0.25) is 0 Å². The predicted octanol–water partition coefficient (Wildman–Crippen LogP) is 2.08. The minimum Gasteiger partial charge on any atom is -0.507 e. The van der Waals surface area contributed by atoms with Gasteiger partial charge < -0.3 is 14.9 Å². The largest absolute Gasteiger partial charge is 0.507 e. The molecule has 2 atom stereocenters. The van der Waals surface area contributed by atoms with Gasteiger partial charge in [0.1, 0.15) is 5.75 Å². The van der Waals surface area contributed by atoms with Crippen LogP contribution in [-0.2, 0) is 16.0 Å². The van der Waals surface area contributed by atoms with Crippen molar-refractivity contribution in [2.24, 2.45) is 0 Å². The van der Waals surface area contributed by atoms with Crippen molar-refractivity contribution in [3.8, 4) is 5.75 Å². The summed E-state index contributed by atoms with van der Waals surface area (Å²) in [4.78, 5) is 23.4. The number of rotatable bonds is 2. The van der Waals surface area contributed by atoms with E-state index in [1.165, 1.54) is 6.07 Å². The van der Waals surface area contributed by atoms with Crippen LogP contribution in [0.1, 0.15) is 35.7 Å². The summed E-state index contributed by atoms with van der Waals surface area (Å²) in [7, 11) is 0. The number of benzene rings is 1. The molecule has 0 spiro atoms. The molecule has 2 aliphatic rings. The molecule has 0 unspecified atom stereocenters. The molecular formula is C16H16O5. The van der Waals surface area contributed by atoms with E-state index in [2.05, 4.69) is 0 Å². The SMILES string of the molecule is C[C@H]1O[C@H](CC(=O)O)CC2=C1C(=O)c1c(O)cccc1C2. The monoisotopic (exact) mass is 288 g/mol. The molecule has 0 saturated carbocycles. The summed E-state index contributed by atoms with van der Waals surface area (Å²) >= 11 is 0. The number of carbonyl (C=O) groups excluding carboxylic acids is 1. The molecule has 1 heterocycles. The van der Waals surface area contributed by atoms with Crippen molar-refractivity contribution < 1.29 is 24.5 Å². The number of ketones is 1. The van der Waals surface area contributed by atoms with E-state index in [0.29, 0.717) is 24.0 Å². The average molecular weight is 288 g/mol. The topological polar surface area (TPSA) is 83.8 Å². The number of phenols is 1. The molecule has 1 aliphatic heterocycles. The van der Waals surface area contributed by atoms with E-state index in [1.807, 2.05) is 6.07 Å². The molecule has 1 aliphatic carbocycles. The Morgan fingerprint density at radius 2 is 2.19 bits per heavy atom. The van der Waals surface area contributed by atoms with Gasteiger partial charge in [-0.15, -0.1) is 0 Å². The number of carboxylic acid groups (broad SMARTS) is 1. The molecule has 5 nitrogen and oxygen atoms in total. The van der Waals surface area contributed by atoms with E-state index in [4.69, 9.17) is 9.84 Å². The quantitative estimate of drug-likeness (QED) is 0.870. The van der Waals surface area contributed by atoms with Gasteiger partial charge in [-0.05, 0) is 31.4 Å². The Balaban J connectivity index is 1.98. The Morgan fingerprint density at radius 3 is 2.90 bits per heavy atom. The lowest BCUT2D eigenvalue weighted by Gasteiger charge is -2.34. The van der Waals surface area contributed by atoms with Gasteiger partial charge >= 0.3 is 5.97 Å². The second kappa shape index (κ2) is 5.00. The first kappa shape index (κ1) is 13.8. The Labute approximate surface area is 121 Å². The molecule has 0 bridgehead atoms. The fourth-order valence-electron chi connectivity index (χ4n) is 3.27. The minimum atomic E-state index is -0.906. The third kappa shape index (κ3) is 2.34. The van der Waals surface area contributed by atoms with Gasteiger partial charge in [-0.2, -0.15) is 0 Å². The Kier molecular flexibility index (Phi) is 3.29. The van der Waals surface area contributed by atoms with Crippen molar-refractivity contribution in [2.45, 2.75) is 38.4 Å². The molecule has 0 radical (unpaired) electrons. The van der Waals surface area contributed by atoms with Gasteiger partial charge in [0.25, 0.3) is 0 Å². The normalized spacial score (nSPS) is 24.5. The zero-order valence-electron chi connectivity index (χ0n) is 11.6. The second-order valence-corrected chi connectivity index (χ2v) is 5.54. The third-order valence-corrected chi connectivity index (χ3v) is 4.06. The molecule has 5 heteroatoms. The second-order valence-electron chi connectivity index (χ2n) is 5.54. The summed E-state index contributed by atoms with van der Waals surface area (Å²) in [6, 6.07) is 5.04. The highest BCUT2D eigenvalue weighted by atomic mass is 16.5. The summed E-state index contributed by atoms with van der Waals surface area (Å²) < 4.78 is 5.65. The van der Waals surface area contributed by atoms with Gasteiger partial charge in [0.05, 0.1) is 24.2 Å². The maximum Gasteiger partial charge on any atom is 0.305 e. The Hall–Kier alpha value is -2.14. The van der Waals surface area contributed by atoms with Gasteiger partial charge in [0, 0.05) is 5.57 Å². The molecule has 110 valence electrons. The number of Topliss-reactive ketones (excluding diaryl/α,β-unsaturated/α-hetero) is 1. The summed E-state index contributed by atoms with van der Waals surface area (Å²) in [5.41, 5.74) is 2.65. The fraction of sp³-hybridized carbons (Fsp3) is 0.375. The Bertz CT molecular complexity index is 659. The first-order chi connectivity index (χ1) is 9.97. The molecular weight excluding hydrogens is 272 g/mol. The lowest BCUT2D eigenvalue weighted by Crippen LogP contribution is -2.36. The number of aliphatic carboxylic acids is 1. The lowest BCUT2D eigenvalue weighted by molar-refractivity contribution is -0.141. The van der Waals surface area contributed by atoms with E-state index < -0.39 is 18.2 Å². The molecule has 0 fully saturated rings. The maximum absolute atomic E-state index is 12.6. The van der Waals surface area contributed by atoms with E-state index in [9.17, 15) is 14.7 Å². The smallest absolute Gasteiger partial charge is 0.305 e. The highest BCUT2D eigenvalue weighted by Crippen LogP contribution is 2.39. The van der Waals surface area contributed by atoms with Crippen LogP contribution < -0.4 is 0 Å². The highest BCUT2D eigenvalue weighted by Gasteiger charge is 2.37. The van der Waals surface area contributed by atoms with E-state index in [0.717, 1.165) is 11.1 Å². The first-order valence-corrected chi connectivity index (χ1v) is 6.92. The van der Waals surface area contributed by atoms with Crippen LogP contribution in [-0.4, -0.2) is 34.2 Å². The number of ether oxygens (including phenoxy) is 1. The molecule has 3 rings (SSSR count). The fourth-order valence-corrected chi connectivity index (χ4v) is 3.27. The molecule has 1 aromatic rings. The molecule has 21 heavy (non-hydrogen) atoms. The first-order valence-electron chi connectivity index (χ1n) is 6.92. The summed E-state index contributed by atoms with van der Waals surface area (Å²) in [5.74, 6) is -1.12. The summed E-state index contributed by atoms with van der Waals surface area (Å²) in [6.45, 7) is 1.76. The third-order valence-electron chi connectivity index (χ3n) is 4.06. The van der Waals surface area contributed by atoms with E-state index in [-0.39, 0.29) is 18.0 Å². The van der Waals surface area contributed by atoms with Gasteiger partial charge in [-0.25, -0.2) is 0 Å². The molecule has 0 saturated heterocycles. The number of phenolic OH excluding ortho intramolecular Hbond substituents is 1. The lowest BCUT2D eigenvalue weighted by atomic mass is 9.79. The zero-order chi connectivity index (χ0) is 15.1. The maximum atomic E-state index is 12.6. The average Bonchev–Trinajstić information content (AvgIpc) is 2.36. The van der Waals surface area contributed by atoms with Crippen LogP contribution >= 0.6 is 0 Å². The van der Waals surface area contributed by atoms with Gasteiger partial charge in [-0.3, -0.25) is 9.59 Å². The van der Waals surface area contributed by atoms with Crippen molar-refractivity contribution in [3.05, 3.63) is 40.5 Å². The molecule has 0 amide bonds. The van der Waals surface area contributed by atoms with Crippen molar-refractivity contribution in [3.63, 3.8) is 0 Å². The zero-order valence-corrected chi connectivity index (χ0v) is 11.6. The number of aromatic hydroxyl groups is 1. The predicted molar refractivity (Wildman–Crippen MR) is 74.4 cm³/mol. The van der Waals surface area contributed by atoms with Crippen LogP contribution in [0.25, 0.3) is 0 Å². The number of hydrogen-bond donors (Lipinski definition) is 2. The number of carbonyl (C=O) groups is 2. The van der Waals surface area contributed by atoms with Crippen molar-refractivity contribution in [2.75, 3.05) is 0 Å². The van der Waals surface area contributed by atoms with Gasteiger partial charge in [0.15, 0.2) is 5.78 Å². The standard InChI is InChI=1S/C16H16O5/c1-8-14-10(6-11(21-8)7-13(18)19)5-9-3-2-4-12(17)15(9)16(14)20/h2-4,8,11,17H,5-7H2,1H3,(H,18,19)/t8-,11+/m1/s1.